The van der Waals surface area contributed by atoms with Crippen molar-refractivity contribution in [2.75, 3.05) is 26.7 Å². The molecule has 1 saturated heterocycles. The summed E-state index contributed by atoms with van der Waals surface area (Å²) in [5.74, 6) is 0.809. The molecule has 0 spiro atoms. The fourth-order valence-corrected chi connectivity index (χ4v) is 1.56. The van der Waals surface area contributed by atoms with Gasteiger partial charge in [-0.3, -0.25) is 0 Å². The Morgan fingerprint density at radius 3 is 2.14 bits per heavy atom. The topological polar surface area (TPSA) is 12.5 Å². The Kier molecular flexibility index (Phi) is 8.20. The minimum Gasteiger partial charge on any atom is -0.379 e. The molecule has 0 aromatic heterocycles. The molecule has 1 aliphatic rings. The van der Waals surface area contributed by atoms with E-state index in [1.807, 2.05) is 13.8 Å². The predicted molar refractivity (Wildman–Crippen MR) is 62.7 cm³/mol. The second-order valence-corrected chi connectivity index (χ2v) is 4.13. The SMILES string of the molecule is CC.CC(C)OCC1CCN(C)CC1. The molecular weight excluding hydrogens is 174 g/mol. The van der Waals surface area contributed by atoms with Crippen molar-refractivity contribution in [2.45, 2.75) is 46.6 Å². The molecular formula is C12H27NO. The average molecular weight is 201 g/mol. The van der Waals surface area contributed by atoms with Crippen LogP contribution in [0.25, 0.3) is 0 Å². The van der Waals surface area contributed by atoms with Gasteiger partial charge < -0.3 is 9.64 Å². The largest absolute Gasteiger partial charge is 0.379 e. The molecule has 1 rings (SSSR count). The van der Waals surface area contributed by atoms with E-state index in [9.17, 15) is 0 Å². The highest BCUT2D eigenvalue weighted by Gasteiger charge is 2.16. The van der Waals surface area contributed by atoms with Crippen molar-refractivity contribution < 1.29 is 4.74 Å². The molecule has 0 bridgehead atoms. The Balaban J connectivity index is 0.000000791. The lowest BCUT2D eigenvalue weighted by atomic mass is 9.98. The first kappa shape index (κ1) is 13.9. The van der Waals surface area contributed by atoms with Gasteiger partial charge >= 0.3 is 0 Å². The molecule has 2 heteroatoms. The fraction of sp³-hybridized carbons (Fsp3) is 1.00. The van der Waals surface area contributed by atoms with Gasteiger partial charge in [0.05, 0.1) is 6.10 Å². The predicted octanol–water partition coefficient (Wildman–Crippen LogP) is 2.78. The number of likely N-dealkylation sites (tertiary alicyclic amines) is 1. The van der Waals surface area contributed by atoms with Gasteiger partial charge in [-0.15, -0.1) is 0 Å². The molecule has 0 aromatic carbocycles. The molecule has 1 heterocycles. The van der Waals surface area contributed by atoms with E-state index < -0.39 is 0 Å². The summed E-state index contributed by atoms with van der Waals surface area (Å²) in [5, 5.41) is 0. The van der Waals surface area contributed by atoms with E-state index in [1.165, 1.54) is 25.9 Å². The summed E-state index contributed by atoms with van der Waals surface area (Å²) in [7, 11) is 2.19. The maximum atomic E-state index is 5.60. The van der Waals surface area contributed by atoms with E-state index in [0.717, 1.165) is 12.5 Å². The van der Waals surface area contributed by atoms with Crippen LogP contribution in [0.3, 0.4) is 0 Å². The van der Waals surface area contributed by atoms with Crippen molar-refractivity contribution in [1.29, 1.82) is 0 Å². The third-order valence-corrected chi connectivity index (χ3v) is 2.50. The van der Waals surface area contributed by atoms with Crippen LogP contribution in [0.2, 0.25) is 0 Å². The van der Waals surface area contributed by atoms with E-state index in [1.54, 1.807) is 0 Å². The van der Waals surface area contributed by atoms with Gasteiger partial charge in [0.25, 0.3) is 0 Å². The molecule has 0 aliphatic carbocycles. The summed E-state index contributed by atoms with van der Waals surface area (Å²) in [6, 6.07) is 0. The minimum atomic E-state index is 0.393. The van der Waals surface area contributed by atoms with Crippen molar-refractivity contribution in [2.24, 2.45) is 5.92 Å². The van der Waals surface area contributed by atoms with Gasteiger partial charge in [-0.2, -0.15) is 0 Å². The molecule has 0 N–H and O–H groups in total. The number of piperidine rings is 1. The summed E-state index contributed by atoms with van der Waals surface area (Å²) in [6.45, 7) is 11.7. The summed E-state index contributed by atoms with van der Waals surface area (Å²) in [5.41, 5.74) is 0. The average Bonchev–Trinajstić information content (AvgIpc) is 2.20. The van der Waals surface area contributed by atoms with Crippen LogP contribution in [0.15, 0.2) is 0 Å². The number of rotatable bonds is 3. The first-order valence-electron chi connectivity index (χ1n) is 5.98. The van der Waals surface area contributed by atoms with Gasteiger partial charge in [-0.25, -0.2) is 0 Å². The quantitative estimate of drug-likeness (QED) is 0.696. The lowest BCUT2D eigenvalue weighted by Crippen LogP contribution is -2.32. The summed E-state index contributed by atoms with van der Waals surface area (Å²) in [4.78, 5) is 2.39. The van der Waals surface area contributed by atoms with E-state index in [4.69, 9.17) is 4.74 Å². The highest BCUT2D eigenvalue weighted by molar-refractivity contribution is 4.69. The van der Waals surface area contributed by atoms with Crippen LogP contribution in [-0.4, -0.2) is 37.7 Å². The molecule has 0 atom stereocenters. The zero-order valence-electron chi connectivity index (χ0n) is 10.5. The third-order valence-electron chi connectivity index (χ3n) is 2.50. The lowest BCUT2D eigenvalue weighted by Gasteiger charge is -2.29. The zero-order chi connectivity index (χ0) is 11.0. The number of hydrogen-bond acceptors (Lipinski definition) is 2. The van der Waals surface area contributed by atoms with Crippen LogP contribution < -0.4 is 0 Å². The lowest BCUT2D eigenvalue weighted by molar-refractivity contribution is 0.0335. The monoisotopic (exact) mass is 201 g/mol. The van der Waals surface area contributed by atoms with Crippen LogP contribution in [0, 0.1) is 5.92 Å². The maximum Gasteiger partial charge on any atom is 0.0519 e. The Hall–Kier alpha value is -0.0800. The Morgan fingerprint density at radius 2 is 1.71 bits per heavy atom. The van der Waals surface area contributed by atoms with Gasteiger partial charge in [0.15, 0.2) is 0 Å². The first-order chi connectivity index (χ1) is 6.68. The van der Waals surface area contributed by atoms with Crippen molar-refractivity contribution in [1.82, 2.24) is 4.90 Å². The van der Waals surface area contributed by atoms with Crippen LogP contribution in [0.4, 0.5) is 0 Å². The number of ether oxygens (including phenoxy) is 1. The highest BCUT2D eigenvalue weighted by Crippen LogP contribution is 2.16. The van der Waals surface area contributed by atoms with Crippen LogP contribution in [-0.2, 0) is 4.74 Å². The Bertz CT molecular complexity index is 117. The molecule has 2 nitrogen and oxygen atoms in total. The standard InChI is InChI=1S/C10H21NO.C2H6/c1-9(2)12-8-10-4-6-11(3)7-5-10;1-2/h9-10H,4-8H2,1-3H3;1-2H3. The van der Waals surface area contributed by atoms with Gasteiger partial charge in [-0.1, -0.05) is 13.8 Å². The summed E-state index contributed by atoms with van der Waals surface area (Å²) >= 11 is 0. The zero-order valence-corrected chi connectivity index (χ0v) is 10.5. The first-order valence-corrected chi connectivity index (χ1v) is 5.98. The molecule has 0 unspecified atom stereocenters. The molecule has 86 valence electrons. The molecule has 0 radical (unpaired) electrons. The van der Waals surface area contributed by atoms with Gasteiger partial charge in [-0.05, 0) is 52.7 Å². The van der Waals surface area contributed by atoms with Gasteiger partial charge in [0, 0.05) is 6.61 Å². The highest BCUT2D eigenvalue weighted by atomic mass is 16.5. The molecule has 0 amide bonds. The van der Waals surface area contributed by atoms with Gasteiger partial charge in [0.2, 0.25) is 0 Å². The van der Waals surface area contributed by atoms with Crippen LogP contribution in [0.5, 0.6) is 0 Å². The van der Waals surface area contributed by atoms with Crippen molar-refractivity contribution in [3.63, 3.8) is 0 Å². The maximum absolute atomic E-state index is 5.60. The fourth-order valence-electron chi connectivity index (χ4n) is 1.56. The van der Waals surface area contributed by atoms with E-state index in [-0.39, 0.29) is 0 Å². The van der Waals surface area contributed by atoms with Crippen molar-refractivity contribution in [3.05, 3.63) is 0 Å². The van der Waals surface area contributed by atoms with E-state index in [2.05, 4.69) is 25.8 Å². The Morgan fingerprint density at radius 1 is 1.21 bits per heavy atom. The van der Waals surface area contributed by atoms with Crippen LogP contribution in [0.1, 0.15) is 40.5 Å². The molecule has 1 aliphatic heterocycles. The molecule has 0 saturated carbocycles. The smallest absolute Gasteiger partial charge is 0.0519 e. The Labute approximate surface area is 89.6 Å². The second-order valence-electron chi connectivity index (χ2n) is 4.13. The summed E-state index contributed by atoms with van der Waals surface area (Å²) in [6.07, 6.45) is 3.01. The van der Waals surface area contributed by atoms with E-state index in [0.29, 0.717) is 6.10 Å². The summed E-state index contributed by atoms with van der Waals surface area (Å²) < 4.78 is 5.60. The van der Waals surface area contributed by atoms with Crippen molar-refractivity contribution >= 4 is 0 Å². The number of hydrogen-bond donors (Lipinski definition) is 0. The normalized spacial score (nSPS) is 19.3. The molecule has 0 aromatic rings. The van der Waals surface area contributed by atoms with E-state index >= 15 is 0 Å². The minimum absolute atomic E-state index is 0.393. The van der Waals surface area contributed by atoms with Crippen LogP contribution >= 0.6 is 0 Å². The third kappa shape index (κ3) is 6.39. The number of nitrogens with zero attached hydrogens (tertiary/aromatic N) is 1. The molecule has 1 fully saturated rings. The molecule has 14 heavy (non-hydrogen) atoms. The second kappa shape index (κ2) is 8.25. The van der Waals surface area contributed by atoms with Crippen molar-refractivity contribution in [3.8, 4) is 0 Å². The van der Waals surface area contributed by atoms with Gasteiger partial charge in [0.1, 0.15) is 0 Å².